The number of carbonyl (C=O) groups is 1. The summed E-state index contributed by atoms with van der Waals surface area (Å²) >= 11 is 8.84. The Morgan fingerprint density at radius 1 is 1.57 bits per heavy atom. The standard InChI is InChI=1S/C10H10BrClO2/c1-6-3-10(14-2)7(4-8(6)11)9(13)5-12/h3-4H,5H2,1-2H3. The number of rotatable bonds is 3. The Kier molecular flexibility index (Phi) is 3.96. The highest BCUT2D eigenvalue weighted by Crippen LogP contribution is 2.27. The van der Waals surface area contributed by atoms with Crippen molar-refractivity contribution in [3.8, 4) is 5.75 Å². The van der Waals surface area contributed by atoms with E-state index >= 15 is 0 Å². The van der Waals surface area contributed by atoms with Gasteiger partial charge in [0.25, 0.3) is 0 Å². The van der Waals surface area contributed by atoms with Gasteiger partial charge in [0.2, 0.25) is 0 Å². The molecular weight excluding hydrogens is 267 g/mol. The second kappa shape index (κ2) is 4.80. The van der Waals surface area contributed by atoms with E-state index in [0.29, 0.717) is 11.3 Å². The minimum Gasteiger partial charge on any atom is -0.496 e. The fourth-order valence-electron chi connectivity index (χ4n) is 1.11. The van der Waals surface area contributed by atoms with E-state index in [4.69, 9.17) is 16.3 Å². The molecule has 76 valence electrons. The van der Waals surface area contributed by atoms with Gasteiger partial charge >= 0.3 is 0 Å². The number of ketones is 1. The van der Waals surface area contributed by atoms with Gasteiger partial charge in [-0.05, 0) is 24.6 Å². The van der Waals surface area contributed by atoms with E-state index in [2.05, 4.69) is 15.9 Å². The van der Waals surface area contributed by atoms with Crippen LogP contribution >= 0.6 is 27.5 Å². The number of benzene rings is 1. The number of aryl methyl sites for hydroxylation is 1. The van der Waals surface area contributed by atoms with Crippen LogP contribution in [0.1, 0.15) is 15.9 Å². The van der Waals surface area contributed by atoms with E-state index in [1.54, 1.807) is 6.07 Å². The van der Waals surface area contributed by atoms with Crippen molar-refractivity contribution in [2.75, 3.05) is 13.0 Å². The highest BCUT2D eigenvalue weighted by molar-refractivity contribution is 9.10. The lowest BCUT2D eigenvalue weighted by molar-refractivity contribution is 0.101. The van der Waals surface area contributed by atoms with Crippen LogP contribution in [-0.4, -0.2) is 18.8 Å². The molecule has 1 aromatic rings. The Bertz CT molecular complexity index is 363. The Balaban J connectivity index is 3.27. The molecule has 4 heteroatoms. The lowest BCUT2D eigenvalue weighted by Gasteiger charge is -2.08. The van der Waals surface area contributed by atoms with Crippen molar-refractivity contribution in [2.24, 2.45) is 0 Å². The number of Topliss-reactive ketones (excluding diaryl/α,β-unsaturated/α-hetero) is 1. The summed E-state index contributed by atoms with van der Waals surface area (Å²) in [7, 11) is 1.54. The van der Waals surface area contributed by atoms with Gasteiger partial charge in [-0.2, -0.15) is 0 Å². The first-order chi connectivity index (χ1) is 6.60. The van der Waals surface area contributed by atoms with Crippen molar-refractivity contribution in [1.29, 1.82) is 0 Å². The maximum Gasteiger partial charge on any atom is 0.181 e. The van der Waals surface area contributed by atoms with Gasteiger partial charge in [-0.15, -0.1) is 11.6 Å². The van der Waals surface area contributed by atoms with Crippen LogP contribution in [-0.2, 0) is 0 Å². The molecule has 0 heterocycles. The van der Waals surface area contributed by atoms with Gasteiger partial charge in [-0.25, -0.2) is 0 Å². The number of halogens is 2. The summed E-state index contributed by atoms with van der Waals surface area (Å²) in [5.41, 5.74) is 1.54. The Hall–Kier alpha value is -0.540. The van der Waals surface area contributed by atoms with E-state index < -0.39 is 0 Å². The van der Waals surface area contributed by atoms with Crippen molar-refractivity contribution >= 4 is 33.3 Å². The molecule has 2 nitrogen and oxygen atoms in total. The number of ether oxygens (including phenoxy) is 1. The van der Waals surface area contributed by atoms with Crippen LogP contribution < -0.4 is 4.74 Å². The van der Waals surface area contributed by atoms with Gasteiger partial charge in [-0.3, -0.25) is 4.79 Å². The van der Waals surface area contributed by atoms with Crippen LogP contribution in [0.15, 0.2) is 16.6 Å². The molecule has 0 spiro atoms. The molecule has 0 aliphatic carbocycles. The first kappa shape index (κ1) is 11.5. The van der Waals surface area contributed by atoms with Crippen LogP contribution in [0.3, 0.4) is 0 Å². The van der Waals surface area contributed by atoms with E-state index in [0.717, 1.165) is 10.0 Å². The lowest BCUT2D eigenvalue weighted by Crippen LogP contribution is -2.04. The normalized spacial score (nSPS) is 10.0. The zero-order chi connectivity index (χ0) is 10.7. The Morgan fingerprint density at radius 2 is 2.21 bits per heavy atom. The quantitative estimate of drug-likeness (QED) is 0.626. The van der Waals surface area contributed by atoms with Gasteiger partial charge in [0, 0.05) is 4.47 Å². The Morgan fingerprint density at radius 3 is 2.71 bits per heavy atom. The van der Waals surface area contributed by atoms with E-state index in [9.17, 15) is 4.79 Å². The molecule has 0 aliphatic rings. The maximum absolute atomic E-state index is 11.4. The third kappa shape index (κ3) is 2.28. The fourth-order valence-corrected chi connectivity index (χ4v) is 1.60. The van der Waals surface area contributed by atoms with E-state index in [1.165, 1.54) is 7.11 Å². The number of hydrogen-bond donors (Lipinski definition) is 0. The van der Waals surface area contributed by atoms with Crippen molar-refractivity contribution in [1.82, 2.24) is 0 Å². The average molecular weight is 278 g/mol. The maximum atomic E-state index is 11.4. The monoisotopic (exact) mass is 276 g/mol. The molecule has 14 heavy (non-hydrogen) atoms. The molecule has 0 radical (unpaired) electrons. The second-order valence-electron chi connectivity index (χ2n) is 2.86. The SMILES string of the molecule is COc1cc(C)c(Br)cc1C(=O)CCl. The molecule has 0 N–H and O–H groups in total. The number of hydrogen-bond acceptors (Lipinski definition) is 2. The zero-order valence-electron chi connectivity index (χ0n) is 7.93. The van der Waals surface area contributed by atoms with Gasteiger partial charge in [0.15, 0.2) is 5.78 Å². The molecule has 0 unspecified atom stereocenters. The van der Waals surface area contributed by atoms with Crippen LogP contribution in [0.25, 0.3) is 0 Å². The highest BCUT2D eigenvalue weighted by Gasteiger charge is 2.12. The van der Waals surface area contributed by atoms with Crippen LogP contribution in [0, 0.1) is 6.92 Å². The topological polar surface area (TPSA) is 26.3 Å². The molecule has 0 saturated carbocycles. The first-order valence-electron chi connectivity index (χ1n) is 4.03. The fraction of sp³-hybridized carbons (Fsp3) is 0.300. The molecule has 0 fully saturated rings. The number of carbonyl (C=O) groups excluding carboxylic acids is 1. The molecule has 0 saturated heterocycles. The van der Waals surface area contributed by atoms with Gasteiger partial charge in [-0.1, -0.05) is 15.9 Å². The molecule has 1 aromatic carbocycles. The number of methoxy groups -OCH3 is 1. The lowest BCUT2D eigenvalue weighted by atomic mass is 10.1. The van der Waals surface area contributed by atoms with Crippen LogP contribution in [0.5, 0.6) is 5.75 Å². The predicted octanol–water partition coefficient (Wildman–Crippen LogP) is 3.19. The molecule has 0 aromatic heterocycles. The summed E-state index contributed by atoms with van der Waals surface area (Å²) in [6.07, 6.45) is 0. The smallest absolute Gasteiger partial charge is 0.181 e. The Labute approximate surface area is 96.3 Å². The minimum absolute atomic E-state index is 0.0359. The third-order valence-electron chi connectivity index (χ3n) is 1.90. The molecule has 0 amide bonds. The minimum atomic E-state index is -0.135. The van der Waals surface area contributed by atoms with Crippen molar-refractivity contribution < 1.29 is 9.53 Å². The zero-order valence-corrected chi connectivity index (χ0v) is 10.3. The summed E-state index contributed by atoms with van der Waals surface area (Å²) in [6, 6.07) is 3.54. The highest BCUT2D eigenvalue weighted by atomic mass is 79.9. The summed E-state index contributed by atoms with van der Waals surface area (Å²) in [5, 5.41) is 0. The van der Waals surface area contributed by atoms with Crippen molar-refractivity contribution in [3.63, 3.8) is 0 Å². The van der Waals surface area contributed by atoms with Gasteiger partial charge < -0.3 is 4.74 Å². The summed E-state index contributed by atoms with van der Waals surface area (Å²) in [6.45, 7) is 1.93. The van der Waals surface area contributed by atoms with Crippen molar-refractivity contribution in [3.05, 3.63) is 27.7 Å². The number of alkyl halides is 1. The summed E-state index contributed by atoms with van der Waals surface area (Å²) in [4.78, 5) is 11.4. The van der Waals surface area contributed by atoms with E-state index in [1.807, 2.05) is 13.0 Å². The van der Waals surface area contributed by atoms with Gasteiger partial charge in [0.05, 0.1) is 18.6 Å². The molecule has 0 bridgehead atoms. The van der Waals surface area contributed by atoms with Crippen LogP contribution in [0.2, 0.25) is 0 Å². The van der Waals surface area contributed by atoms with Gasteiger partial charge in [0.1, 0.15) is 5.75 Å². The third-order valence-corrected chi connectivity index (χ3v) is 3.00. The largest absolute Gasteiger partial charge is 0.496 e. The van der Waals surface area contributed by atoms with E-state index in [-0.39, 0.29) is 11.7 Å². The molecule has 0 aliphatic heterocycles. The summed E-state index contributed by atoms with van der Waals surface area (Å²) < 4.78 is 5.99. The van der Waals surface area contributed by atoms with Crippen molar-refractivity contribution in [2.45, 2.75) is 6.92 Å². The first-order valence-corrected chi connectivity index (χ1v) is 5.36. The molecule has 1 rings (SSSR count). The second-order valence-corrected chi connectivity index (χ2v) is 3.98. The molecule has 0 atom stereocenters. The predicted molar refractivity (Wildman–Crippen MR) is 60.5 cm³/mol. The summed E-state index contributed by atoms with van der Waals surface area (Å²) in [5.74, 6) is 0.395. The average Bonchev–Trinajstić information content (AvgIpc) is 2.20. The molecular formula is C10H10BrClO2. The van der Waals surface area contributed by atoms with Crippen LogP contribution in [0.4, 0.5) is 0 Å².